The van der Waals surface area contributed by atoms with Crippen LogP contribution in [-0.2, 0) is 4.79 Å². The summed E-state index contributed by atoms with van der Waals surface area (Å²) >= 11 is 0. The second kappa shape index (κ2) is 3.73. The Morgan fingerprint density at radius 1 is 1.25 bits per heavy atom. The highest BCUT2D eigenvalue weighted by Crippen LogP contribution is 2.44. The first-order chi connectivity index (χ1) is 7.32. The zero-order chi connectivity index (χ0) is 12.0. The molecule has 0 radical (unpaired) electrons. The molecule has 1 saturated carbocycles. The Hall–Kier alpha value is -0.570. The van der Waals surface area contributed by atoms with Crippen LogP contribution >= 0.6 is 0 Å². The molecule has 2 fully saturated rings. The summed E-state index contributed by atoms with van der Waals surface area (Å²) in [5, 5.41) is 0. The first-order valence-electron chi connectivity index (χ1n) is 6.32. The normalized spacial score (nSPS) is 24.9. The lowest BCUT2D eigenvalue weighted by atomic mass is 9.91. The van der Waals surface area contributed by atoms with Crippen LogP contribution in [0.1, 0.15) is 40.0 Å². The number of piperazine rings is 1. The van der Waals surface area contributed by atoms with Crippen LogP contribution in [0.15, 0.2) is 0 Å². The summed E-state index contributed by atoms with van der Waals surface area (Å²) in [7, 11) is 2.16. The standard InChI is InChI=1S/C13H24N2O/c1-12(2,3)9-11(16)15-8-7-14(4)10-13(15)5-6-13/h5-10H2,1-4H3. The summed E-state index contributed by atoms with van der Waals surface area (Å²) < 4.78 is 0. The van der Waals surface area contributed by atoms with Crippen molar-refractivity contribution in [2.24, 2.45) is 5.41 Å². The Bertz CT molecular complexity index is 289. The number of hydrogen-bond donors (Lipinski definition) is 0. The van der Waals surface area contributed by atoms with Gasteiger partial charge in [-0.25, -0.2) is 0 Å². The summed E-state index contributed by atoms with van der Waals surface area (Å²) in [5.74, 6) is 0.359. The molecule has 1 amide bonds. The molecule has 0 N–H and O–H groups in total. The first-order valence-corrected chi connectivity index (χ1v) is 6.32. The van der Waals surface area contributed by atoms with Gasteiger partial charge in [-0.3, -0.25) is 4.79 Å². The van der Waals surface area contributed by atoms with Crippen molar-refractivity contribution in [1.82, 2.24) is 9.80 Å². The Kier molecular flexibility index (Phi) is 2.77. The fourth-order valence-electron chi connectivity index (χ4n) is 2.69. The van der Waals surface area contributed by atoms with Crippen molar-refractivity contribution in [3.05, 3.63) is 0 Å². The van der Waals surface area contributed by atoms with Crippen molar-refractivity contribution in [2.75, 3.05) is 26.7 Å². The number of nitrogens with zero attached hydrogens (tertiary/aromatic N) is 2. The number of rotatable bonds is 1. The lowest BCUT2D eigenvalue weighted by Gasteiger charge is -2.41. The highest BCUT2D eigenvalue weighted by atomic mass is 16.2. The number of carbonyl (C=O) groups excluding carboxylic acids is 1. The third-order valence-electron chi connectivity index (χ3n) is 3.65. The van der Waals surface area contributed by atoms with E-state index in [2.05, 4.69) is 37.6 Å². The second-order valence-electron chi connectivity index (χ2n) is 6.74. The van der Waals surface area contributed by atoms with Crippen LogP contribution < -0.4 is 0 Å². The zero-order valence-corrected chi connectivity index (χ0v) is 11.0. The van der Waals surface area contributed by atoms with Crippen molar-refractivity contribution >= 4 is 5.91 Å². The molecule has 1 aliphatic carbocycles. The molecule has 0 aromatic heterocycles. The lowest BCUT2D eigenvalue weighted by Crippen LogP contribution is -2.56. The summed E-state index contributed by atoms with van der Waals surface area (Å²) in [6, 6.07) is 0. The van der Waals surface area contributed by atoms with Crippen molar-refractivity contribution < 1.29 is 4.79 Å². The Morgan fingerprint density at radius 3 is 2.38 bits per heavy atom. The van der Waals surface area contributed by atoms with Gasteiger partial charge in [0.25, 0.3) is 0 Å². The molecule has 1 spiro atoms. The van der Waals surface area contributed by atoms with Gasteiger partial charge in [0.1, 0.15) is 0 Å². The zero-order valence-electron chi connectivity index (χ0n) is 11.0. The van der Waals surface area contributed by atoms with Crippen molar-refractivity contribution in [3.8, 4) is 0 Å². The van der Waals surface area contributed by atoms with E-state index >= 15 is 0 Å². The van der Waals surface area contributed by atoms with Crippen LogP contribution in [-0.4, -0.2) is 47.9 Å². The van der Waals surface area contributed by atoms with Gasteiger partial charge in [0.05, 0.1) is 5.54 Å². The molecule has 2 rings (SSSR count). The third kappa shape index (κ3) is 2.40. The van der Waals surface area contributed by atoms with Gasteiger partial charge in [-0.1, -0.05) is 20.8 Å². The minimum absolute atomic E-state index is 0.108. The third-order valence-corrected chi connectivity index (χ3v) is 3.65. The van der Waals surface area contributed by atoms with E-state index in [0.29, 0.717) is 12.3 Å². The van der Waals surface area contributed by atoms with Gasteiger partial charge >= 0.3 is 0 Å². The molecule has 92 valence electrons. The van der Waals surface area contributed by atoms with Gasteiger partial charge in [-0.05, 0) is 25.3 Å². The van der Waals surface area contributed by atoms with Crippen molar-refractivity contribution in [2.45, 2.75) is 45.6 Å². The van der Waals surface area contributed by atoms with E-state index in [9.17, 15) is 4.79 Å². The summed E-state index contributed by atoms with van der Waals surface area (Å²) in [4.78, 5) is 16.8. The van der Waals surface area contributed by atoms with E-state index in [1.807, 2.05) is 0 Å². The van der Waals surface area contributed by atoms with E-state index in [4.69, 9.17) is 0 Å². The maximum atomic E-state index is 12.3. The van der Waals surface area contributed by atoms with Gasteiger partial charge in [0.2, 0.25) is 5.91 Å². The average molecular weight is 224 g/mol. The van der Waals surface area contributed by atoms with E-state index < -0.39 is 0 Å². The van der Waals surface area contributed by atoms with Crippen LogP contribution in [0.3, 0.4) is 0 Å². The van der Waals surface area contributed by atoms with Gasteiger partial charge in [-0.2, -0.15) is 0 Å². The van der Waals surface area contributed by atoms with E-state index in [0.717, 1.165) is 19.6 Å². The van der Waals surface area contributed by atoms with Crippen LogP contribution in [0.4, 0.5) is 0 Å². The van der Waals surface area contributed by atoms with Crippen LogP contribution in [0.5, 0.6) is 0 Å². The van der Waals surface area contributed by atoms with Gasteiger partial charge in [0.15, 0.2) is 0 Å². The molecule has 0 aromatic rings. The number of amides is 1. The average Bonchev–Trinajstić information content (AvgIpc) is 2.81. The van der Waals surface area contributed by atoms with Gasteiger partial charge in [-0.15, -0.1) is 0 Å². The molecule has 16 heavy (non-hydrogen) atoms. The van der Waals surface area contributed by atoms with Gasteiger partial charge in [0, 0.05) is 26.1 Å². The largest absolute Gasteiger partial charge is 0.334 e. The minimum atomic E-state index is 0.108. The van der Waals surface area contributed by atoms with Crippen LogP contribution in [0.25, 0.3) is 0 Å². The maximum Gasteiger partial charge on any atom is 0.223 e. The van der Waals surface area contributed by atoms with E-state index in [1.54, 1.807) is 0 Å². The van der Waals surface area contributed by atoms with Crippen molar-refractivity contribution in [1.29, 1.82) is 0 Å². The predicted octanol–water partition coefficient (Wildman–Crippen LogP) is 1.73. The minimum Gasteiger partial charge on any atom is -0.334 e. The van der Waals surface area contributed by atoms with Crippen molar-refractivity contribution in [3.63, 3.8) is 0 Å². The SMILES string of the molecule is CN1CCN(C(=O)CC(C)(C)C)C2(CC2)C1. The molecular weight excluding hydrogens is 200 g/mol. The maximum absolute atomic E-state index is 12.3. The van der Waals surface area contributed by atoms with Gasteiger partial charge < -0.3 is 9.80 Å². The molecule has 0 bridgehead atoms. The van der Waals surface area contributed by atoms with E-state index in [1.165, 1.54) is 12.8 Å². The first kappa shape index (κ1) is 11.9. The lowest BCUT2D eigenvalue weighted by molar-refractivity contribution is -0.139. The van der Waals surface area contributed by atoms with Crippen LogP contribution in [0.2, 0.25) is 0 Å². The smallest absolute Gasteiger partial charge is 0.223 e. The number of likely N-dealkylation sites (N-methyl/N-ethyl adjacent to an activating group) is 1. The summed E-state index contributed by atoms with van der Waals surface area (Å²) in [5.41, 5.74) is 0.325. The molecular formula is C13H24N2O. The highest BCUT2D eigenvalue weighted by molar-refractivity contribution is 5.78. The van der Waals surface area contributed by atoms with Crippen LogP contribution in [0, 0.1) is 5.41 Å². The Morgan fingerprint density at radius 2 is 1.88 bits per heavy atom. The second-order valence-corrected chi connectivity index (χ2v) is 6.74. The Balaban J connectivity index is 2.01. The molecule has 1 saturated heterocycles. The summed E-state index contributed by atoms with van der Waals surface area (Å²) in [6.45, 7) is 9.44. The molecule has 0 unspecified atom stereocenters. The molecule has 0 atom stereocenters. The summed E-state index contributed by atoms with van der Waals surface area (Å²) in [6.07, 6.45) is 3.08. The van der Waals surface area contributed by atoms with E-state index in [-0.39, 0.29) is 11.0 Å². The number of hydrogen-bond acceptors (Lipinski definition) is 2. The highest BCUT2D eigenvalue weighted by Gasteiger charge is 2.52. The monoisotopic (exact) mass is 224 g/mol. The molecule has 1 heterocycles. The Labute approximate surface area is 98.8 Å². The molecule has 3 heteroatoms. The molecule has 3 nitrogen and oxygen atoms in total. The fourth-order valence-corrected chi connectivity index (χ4v) is 2.69. The fraction of sp³-hybridized carbons (Fsp3) is 0.923. The predicted molar refractivity (Wildman–Crippen MR) is 65.2 cm³/mol. The molecule has 2 aliphatic rings. The molecule has 0 aromatic carbocycles. The quantitative estimate of drug-likeness (QED) is 0.677. The number of carbonyl (C=O) groups is 1. The molecule has 1 aliphatic heterocycles. The topological polar surface area (TPSA) is 23.6 Å².